The van der Waals surface area contributed by atoms with E-state index < -0.39 is 17.6 Å². The maximum Gasteiger partial charge on any atom is 0.500 e. The molecule has 3 N–H and O–H groups in total. The minimum absolute atomic E-state index is 0.820. The van der Waals surface area contributed by atoms with Gasteiger partial charge in [0.2, 0.25) is 0 Å². The van der Waals surface area contributed by atoms with E-state index >= 15 is 0 Å². The first-order valence-electron chi connectivity index (χ1n) is 9.50. The highest BCUT2D eigenvalue weighted by Crippen LogP contribution is 2.14. The molecular formula is C16H41N3O6Si2. The Bertz CT molecular complexity index is 291. The quantitative estimate of drug-likeness (QED) is 0.187. The van der Waals surface area contributed by atoms with Crippen LogP contribution in [0.4, 0.5) is 0 Å². The summed E-state index contributed by atoms with van der Waals surface area (Å²) < 4.78 is 32.4. The third-order valence-corrected chi connectivity index (χ3v) is 10.2. The molecule has 0 aromatic rings. The van der Waals surface area contributed by atoms with Crippen molar-refractivity contribution in [2.45, 2.75) is 24.9 Å². The average molecular weight is 428 g/mol. The van der Waals surface area contributed by atoms with Crippen molar-refractivity contribution < 1.29 is 26.6 Å². The third-order valence-electron chi connectivity index (χ3n) is 4.50. The lowest BCUT2D eigenvalue weighted by atomic mass is 10.4. The second kappa shape index (κ2) is 17.0. The van der Waals surface area contributed by atoms with Gasteiger partial charge in [0.1, 0.15) is 0 Å². The first-order valence-corrected chi connectivity index (χ1v) is 13.4. The van der Waals surface area contributed by atoms with Crippen LogP contribution in [-0.2, 0) is 26.6 Å². The first-order chi connectivity index (χ1) is 13.1. The molecule has 11 heteroatoms. The molecule has 0 heterocycles. The average Bonchev–Trinajstić information content (AvgIpc) is 2.72. The molecule has 0 aromatic heterocycles. The molecule has 0 unspecified atom stereocenters. The normalized spacial score (nSPS) is 12.7. The first kappa shape index (κ1) is 27.1. The molecule has 0 radical (unpaired) electrons. The van der Waals surface area contributed by atoms with E-state index in [1.165, 1.54) is 0 Å². The van der Waals surface area contributed by atoms with Gasteiger partial charge in [-0.25, -0.2) is 0 Å². The molecule has 0 amide bonds. The van der Waals surface area contributed by atoms with Crippen LogP contribution in [0.3, 0.4) is 0 Å². The second-order valence-electron chi connectivity index (χ2n) is 6.05. The second-order valence-corrected chi connectivity index (χ2v) is 12.2. The summed E-state index contributed by atoms with van der Waals surface area (Å²) in [6, 6.07) is 1.64. The molecule has 27 heavy (non-hydrogen) atoms. The summed E-state index contributed by atoms with van der Waals surface area (Å²) in [6.45, 7) is 5.60. The Morgan fingerprint density at radius 2 is 0.704 bits per heavy atom. The van der Waals surface area contributed by atoms with E-state index in [1.807, 2.05) is 0 Å². The van der Waals surface area contributed by atoms with E-state index in [1.54, 1.807) is 42.7 Å². The Hall–Kier alpha value is 0.0738. The van der Waals surface area contributed by atoms with Gasteiger partial charge in [0.25, 0.3) is 0 Å². The fraction of sp³-hybridized carbons (Fsp3) is 1.00. The largest absolute Gasteiger partial charge is 0.500 e. The molecule has 0 atom stereocenters. The molecule has 0 rings (SSSR count). The highest BCUT2D eigenvalue weighted by molar-refractivity contribution is 6.60. The Morgan fingerprint density at radius 1 is 0.444 bits per heavy atom. The standard InChI is InChI=1S/C16H41N3O6Si2/c1-20-26(21-2,22-3)15-7-9-17-11-13-19-14-12-18-10-8-16-27(23-4,24-5)25-6/h17-19H,7-16H2,1-6H3. The van der Waals surface area contributed by atoms with E-state index in [0.717, 1.165) is 64.2 Å². The monoisotopic (exact) mass is 427 g/mol. The van der Waals surface area contributed by atoms with Gasteiger partial charge >= 0.3 is 17.6 Å². The summed E-state index contributed by atoms with van der Waals surface area (Å²) in [5, 5.41) is 10.2. The van der Waals surface area contributed by atoms with Gasteiger partial charge in [0, 0.05) is 80.9 Å². The fourth-order valence-electron chi connectivity index (χ4n) is 2.70. The van der Waals surface area contributed by atoms with Gasteiger partial charge in [-0.15, -0.1) is 0 Å². The van der Waals surface area contributed by atoms with Gasteiger partial charge in [-0.3, -0.25) is 0 Å². The third kappa shape index (κ3) is 11.6. The summed E-state index contributed by atoms with van der Waals surface area (Å²) in [5.41, 5.74) is 0. The van der Waals surface area contributed by atoms with Crippen LogP contribution in [0.1, 0.15) is 12.8 Å². The van der Waals surface area contributed by atoms with Crippen molar-refractivity contribution in [3.8, 4) is 0 Å². The van der Waals surface area contributed by atoms with Crippen molar-refractivity contribution in [3.63, 3.8) is 0 Å². The van der Waals surface area contributed by atoms with Crippen molar-refractivity contribution in [1.29, 1.82) is 0 Å². The Kier molecular flexibility index (Phi) is 17.0. The van der Waals surface area contributed by atoms with E-state index in [2.05, 4.69) is 16.0 Å². The zero-order chi connectivity index (χ0) is 20.4. The van der Waals surface area contributed by atoms with Gasteiger partial charge in [0.15, 0.2) is 0 Å². The maximum atomic E-state index is 5.40. The van der Waals surface area contributed by atoms with Crippen molar-refractivity contribution in [2.75, 3.05) is 81.9 Å². The molecule has 0 aliphatic rings. The predicted molar refractivity (Wildman–Crippen MR) is 111 cm³/mol. The smallest absolute Gasteiger partial charge is 0.377 e. The van der Waals surface area contributed by atoms with E-state index in [9.17, 15) is 0 Å². The number of hydrogen-bond donors (Lipinski definition) is 3. The van der Waals surface area contributed by atoms with E-state index in [0.29, 0.717) is 0 Å². The minimum atomic E-state index is -2.42. The molecule has 0 fully saturated rings. The van der Waals surface area contributed by atoms with Crippen LogP contribution in [0, 0.1) is 0 Å². The number of hydrogen-bond acceptors (Lipinski definition) is 9. The summed E-state index contributed by atoms with van der Waals surface area (Å²) in [7, 11) is 5.05. The van der Waals surface area contributed by atoms with Gasteiger partial charge in [-0.1, -0.05) is 0 Å². The van der Waals surface area contributed by atoms with Crippen LogP contribution in [-0.4, -0.2) is 99.5 Å². The Morgan fingerprint density at radius 3 is 0.963 bits per heavy atom. The summed E-state index contributed by atoms with van der Waals surface area (Å²) in [6.07, 6.45) is 1.94. The van der Waals surface area contributed by atoms with Crippen LogP contribution in [0.25, 0.3) is 0 Å². The summed E-state index contributed by atoms with van der Waals surface area (Å²) in [4.78, 5) is 0. The zero-order valence-electron chi connectivity index (χ0n) is 18.0. The lowest BCUT2D eigenvalue weighted by Gasteiger charge is -2.24. The van der Waals surface area contributed by atoms with Crippen LogP contribution >= 0.6 is 0 Å². The maximum absolute atomic E-state index is 5.40. The zero-order valence-corrected chi connectivity index (χ0v) is 20.0. The van der Waals surface area contributed by atoms with Gasteiger partial charge in [0.05, 0.1) is 0 Å². The lowest BCUT2D eigenvalue weighted by molar-refractivity contribution is 0.122. The molecular weight excluding hydrogens is 386 g/mol. The molecule has 0 bridgehead atoms. The number of rotatable bonds is 20. The molecule has 164 valence electrons. The molecule has 0 saturated carbocycles. The van der Waals surface area contributed by atoms with Gasteiger partial charge in [-0.2, -0.15) is 0 Å². The number of nitrogens with one attached hydrogen (secondary N) is 3. The highest BCUT2D eigenvalue weighted by atomic mass is 28.4. The summed E-state index contributed by atoms with van der Waals surface area (Å²) >= 11 is 0. The Balaban J connectivity index is 3.46. The SMILES string of the molecule is CO[Si](CCCNCCNCCNCCC[Si](OC)(OC)OC)(OC)OC. The summed E-state index contributed by atoms with van der Waals surface area (Å²) in [5.74, 6) is 0. The molecule has 0 aliphatic heterocycles. The minimum Gasteiger partial charge on any atom is -0.377 e. The van der Waals surface area contributed by atoms with Crippen LogP contribution < -0.4 is 16.0 Å². The predicted octanol–water partition coefficient (Wildman–Crippen LogP) is 0.292. The molecule has 0 spiro atoms. The van der Waals surface area contributed by atoms with Gasteiger partial charge < -0.3 is 42.5 Å². The van der Waals surface area contributed by atoms with Crippen LogP contribution in [0.2, 0.25) is 12.1 Å². The van der Waals surface area contributed by atoms with E-state index in [4.69, 9.17) is 26.6 Å². The Labute approximate surface area is 167 Å². The van der Waals surface area contributed by atoms with Crippen molar-refractivity contribution >= 4 is 17.6 Å². The van der Waals surface area contributed by atoms with Crippen molar-refractivity contribution in [1.82, 2.24) is 16.0 Å². The highest BCUT2D eigenvalue weighted by Gasteiger charge is 2.37. The van der Waals surface area contributed by atoms with E-state index in [-0.39, 0.29) is 0 Å². The van der Waals surface area contributed by atoms with Crippen LogP contribution in [0.15, 0.2) is 0 Å². The lowest BCUT2D eigenvalue weighted by Crippen LogP contribution is -2.43. The molecule has 0 aliphatic carbocycles. The molecule has 0 aromatic carbocycles. The van der Waals surface area contributed by atoms with Crippen molar-refractivity contribution in [3.05, 3.63) is 0 Å². The van der Waals surface area contributed by atoms with Crippen molar-refractivity contribution in [2.24, 2.45) is 0 Å². The van der Waals surface area contributed by atoms with Crippen LogP contribution in [0.5, 0.6) is 0 Å². The molecule has 9 nitrogen and oxygen atoms in total. The molecule has 0 saturated heterocycles. The van der Waals surface area contributed by atoms with Gasteiger partial charge in [-0.05, 0) is 25.9 Å². The fourth-order valence-corrected chi connectivity index (χ4v) is 6.15. The topological polar surface area (TPSA) is 91.5 Å².